The Balaban J connectivity index is 1.96. The first kappa shape index (κ1) is 15.5. The molecule has 0 saturated carbocycles. The van der Waals surface area contributed by atoms with Gasteiger partial charge in [0.05, 0.1) is 12.2 Å². The predicted octanol–water partition coefficient (Wildman–Crippen LogP) is 3.57. The number of hydrogen-bond acceptors (Lipinski definition) is 3. The molecule has 1 aromatic heterocycles. The quantitative estimate of drug-likeness (QED) is 0.887. The normalized spacial score (nSPS) is 10.7. The molecular weight excluding hydrogens is 282 g/mol. The van der Waals surface area contributed by atoms with Gasteiger partial charge in [-0.15, -0.1) is 11.3 Å². The molecule has 2 amide bonds. The highest BCUT2D eigenvalue weighted by molar-refractivity contribution is 7.15. The van der Waals surface area contributed by atoms with Crippen molar-refractivity contribution < 1.29 is 4.79 Å². The van der Waals surface area contributed by atoms with Crippen molar-refractivity contribution in [2.24, 2.45) is 5.92 Å². The molecule has 0 spiro atoms. The van der Waals surface area contributed by atoms with E-state index >= 15 is 0 Å². The zero-order valence-corrected chi connectivity index (χ0v) is 13.5. The molecule has 0 aliphatic carbocycles. The Bertz CT molecular complexity index is 593. The molecule has 0 aliphatic heterocycles. The standard InChI is InChI=1S/C16H21N3OS/c1-11(2)9-17-16(20)18-10-14-12(3)19-15(21-14)13-7-5-4-6-8-13/h4-8,11H,9-10H2,1-3H3,(H2,17,18,20). The highest BCUT2D eigenvalue weighted by Crippen LogP contribution is 2.27. The van der Waals surface area contributed by atoms with Gasteiger partial charge >= 0.3 is 6.03 Å². The summed E-state index contributed by atoms with van der Waals surface area (Å²) >= 11 is 1.63. The number of hydrogen-bond donors (Lipinski definition) is 2. The van der Waals surface area contributed by atoms with Crippen molar-refractivity contribution in [3.63, 3.8) is 0 Å². The molecule has 0 saturated heterocycles. The van der Waals surface area contributed by atoms with E-state index in [1.165, 1.54) is 0 Å². The summed E-state index contributed by atoms with van der Waals surface area (Å²) in [5.41, 5.74) is 2.09. The third-order valence-corrected chi connectivity index (χ3v) is 4.20. The van der Waals surface area contributed by atoms with Crippen LogP contribution in [0.4, 0.5) is 4.79 Å². The number of amides is 2. The van der Waals surface area contributed by atoms with Crippen LogP contribution in [-0.4, -0.2) is 17.6 Å². The first-order chi connectivity index (χ1) is 10.1. The monoisotopic (exact) mass is 303 g/mol. The minimum atomic E-state index is -0.127. The van der Waals surface area contributed by atoms with E-state index in [1.807, 2.05) is 37.3 Å². The van der Waals surface area contributed by atoms with Gasteiger partial charge < -0.3 is 10.6 Å². The fourth-order valence-electron chi connectivity index (χ4n) is 1.82. The van der Waals surface area contributed by atoms with E-state index < -0.39 is 0 Å². The molecule has 0 bridgehead atoms. The van der Waals surface area contributed by atoms with E-state index in [-0.39, 0.29) is 6.03 Å². The molecule has 0 radical (unpaired) electrons. The van der Waals surface area contributed by atoms with Gasteiger partial charge in [0.1, 0.15) is 5.01 Å². The molecule has 112 valence electrons. The van der Waals surface area contributed by atoms with Crippen LogP contribution in [0.1, 0.15) is 24.4 Å². The maximum absolute atomic E-state index is 11.7. The van der Waals surface area contributed by atoms with Crippen molar-refractivity contribution in [1.82, 2.24) is 15.6 Å². The molecule has 0 atom stereocenters. The van der Waals surface area contributed by atoms with Crippen molar-refractivity contribution in [3.8, 4) is 10.6 Å². The Labute approximate surface area is 129 Å². The van der Waals surface area contributed by atoms with Gasteiger partial charge in [-0.1, -0.05) is 44.2 Å². The van der Waals surface area contributed by atoms with Crippen molar-refractivity contribution in [2.45, 2.75) is 27.3 Å². The third-order valence-electron chi connectivity index (χ3n) is 2.99. The Kier molecular flexibility index (Phi) is 5.33. The van der Waals surface area contributed by atoms with Gasteiger partial charge in [0.2, 0.25) is 0 Å². The van der Waals surface area contributed by atoms with Crippen LogP contribution >= 0.6 is 11.3 Å². The van der Waals surface area contributed by atoms with E-state index in [0.717, 1.165) is 21.1 Å². The fourth-order valence-corrected chi connectivity index (χ4v) is 2.82. The summed E-state index contributed by atoms with van der Waals surface area (Å²) in [4.78, 5) is 17.3. The topological polar surface area (TPSA) is 54.0 Å². The average molecular weight is 303 g/mol. The summed E-state index contributed by atoms with van der Waals surface area (Å²) in [5.74, 6) is 0.450. The zero-order chi connectivity index (χ0) is 15.2. The van der Waals surface area contributed by atoms with Gasteiger partial charge in [-0.25, -0.2) is 9.78 Å². The maximum atomic E-state index is 11.7. The molecule has 2 N–H and O–H groups in total. The van der Waals surface area contributed by atoms with E-state index in [4.69, 9.17) is 0 Å². The molecule has 0 unspecified atom stereocenters. The summed E-state index contributed by atoms with van der Waals surface area (Å²) in [6.45, 7) is 7.31. The first-order valence-corrected chi connectivity index (χ1v) is 7.91. The highest BCUT2D eigenvalue weighted by atomic mass is 32.1. The SMILES string of the molecule is Cc1nc(-c2ccccc2)sc1CNC(=O)NCC(C)C. The smallest absolute Gasteiger partial charge is 0.315 e. The number of aryl methyl sites for hydroxylation is 1. The Morgan fingerprint density at radius 1 is 1.24 bits per heavy atom. The Morgan fingerprint density at radius 2 is 1.95 bits per heavy atom. The minimum Gasteiger partial charge on any atom is -0.338 e. The molecule has 4 nitrogen and oxygen atoms in total. The number of carbonyl (C=O) groups is 1. The van der Waals surface area contributed by atoms with Crippen LogP contribution in [0.5, 0.6) is 0 Å². The molecule has 0 aliphatic rings. The zero-order valence-electron chi connectivity index (χ0n) is 12.6. The molecule has 5 heteroatoms. The number of aromatic nitrogens is 1. The lowest BCUT2D eigenvalue weighted by atomic mass is 10.2. The number of nitrogens with one attached hydrogen (secondary N) is 2. The Morgan fingerprint density at radius 3 is 2.62 bits per heavy atom. The van der Waals surface area contributed by atoms with Crippen molar-refractivity contribution in [1.29, 1.82) is 0 Å². The number of nitrogens with zero attached hydrogens (tertiary/aromatic N) is 1. The summed E-state index contributed by atoms with van der Waals surface area (Å²) in [5, 5.41) is 6.72. The number of carbonyl (C=O) groups excluding carboxylic acids is 1. The lowest BCUT2D eigenvalue weighted by Crippen LogP contribution is -2.36. The van der Waals surface area contributed by atoms with Gasteiger partial charge in [-0.2, -0.15) is 0 Å². The van der Waals surface area contributed by atoms with Crippen molar-refractivity contribution >= 4 is 17.4 Å². The van der Waals surface area contributed by atoms with E-state index in [9.17, 15) is 4.79 Å². The molecule has 21 heavy (non-hydrogen) atoms. The van der Waals surface area contributed by atoms with Crippen LogP contribution in [0.15, 0.2) is 30.3 Å². The van der Waals surface area contributed by atoms with Crippen LogP contribution in [-0.2, 0) is 6.54 Å². The van der Waals surface area contributed by atoms with E-state index in [1.54, 1.807) is 11.3 Å². The highest BCUT2D eigenvalue weighted by Gasteiger charge is 2.10. The fraction of sp³-hybridized carbons (Fsp3) is 0.375. The van der Waals surface area contributed by atoms with Crippen LogP contribution in [0.2, 0.25) is 0 Å². The summed E-state index contributed by atoms with van der Waals surface area (Å²) in [6, 6.07) is 9.96. The molecule has 2 aromatic rings. The number of thiazole rings is 1. The number of benzene rings is 1. The second-order valence-electron chi connectivity index (χ2n) is 5.35. The van der Waals surface area contributed by atoms with Crippen molar-refractivity contribution in [3.05, 3.63) is 40.9 Å². The molecule has 0 fully saturated rings. The summed E-state index contributed by atoms with van der Waals surface area (Å²) in [7, 11) is 0. The average Bonchev–Trinajstić information content (AvgIpc) is 2.85. The van der Waals surface area contributed by atoms with E-state index in [2.05, 4.69) is 29.5 Å². The van der Waals surface area contributed by atoms with Crippen LogP contribution < -0.4 is 10.6 Å². The molecule has 1 aromatic carbocycles. The van der Waals surface area contributed by atoms with Gasteiger partial charge in [0.15, 0.2) is 0 Å². The van der Waals surface area contributed by atoms with E-state index in [0.29, 0.717) is 19.0 Å². The van der Waals surface area contributed by atoms with Gasteiger partial charge in [-0.05, 0) is 12.8 Å². The summed E-state index contributed by atoms with van der Waals surface area (Å²) in [6.07, 6.45) is 0. The molecular formula is C16H21N3OS. The number of urea groups is 1. The second-order valence-corrected chi connectivity index (χ2v) is 6.43. The predicted molar refractivity (Wildman–Crippen MR) is 87.4 cm³/mol. The maximum Gasteiger partial charge on any atom is 0.315 e. The largest absolute Gasteiger partial charge is 0.338 e. The molecule has 1 heterocycles. The second kappa shape index (κ2) is 7.22. The van der Waals surface area contributed by atoms with Crippen LogP contribution in [0.3, 0.4) is 0 Å². The van der Waals surface area contributed by atoms with Crippen LogP contribution in [0, 0.1) is 12.8 Å². The third kappa shape index (κ3) is 4.56. The lowest BCUT2D eigenvalue weighted by molar-refractivity contribution is 0.239. The summed E-state index contributed by atoms with van der Waals surface area (Å²) < 4.78 is 0. The van der Waals surface area contributed by atoms with Crippen molar-refractivity contribution in [2.75, 3.05) is 6.54 Å². The Hall–Kier alpha value is -1.88. The van der Waals surface area contributed by atoms with Crippen LogP contribution in [0.25, 0.3) is 10.6 Å². The lowest BCUT2D eigenvalue weighted by Gasteiger charge is -2.08. The first-order valence-electron chi connectivity index (χ1n) is 7.09. The van der Waals surface area contributed by atoms with Gasteiger partial charge in [0.25, 0.3) is 0 Å². The van der Waals surface area contributed by atoms with Gasteiger partial charge in [0, 0.05) is 17.0 Å². The minimum absolute atomic E-state index is 0.127. The number of rotatable bonds is 5. The van der Waals surface area contributed by atoms with Gasteiger partial charge in [-0.3, -0.25) is 0 Å². The molecule has 2 rings (SSSR count).